The first-order valence-corrected chi connectivity index (χ1v) is 10.6. The summed E-state index contributed by atoms with van der Waals surface area (Å²) >= 11 is 1.30. The van der Waals surface area contributed by atoms with Crippen molar-refractivity contribution in [3.05, 3.63) is 64.0 Å². The van der Waals surface area contributed by atoms with Gasteiger partial charge in [-0.1, -0.05) is 6.07 Å². The van der Waals surface area contributed by atoms with Crippen LogP contribution in [0.3, 0.4) is 0 Å². The van der Waals surface area contributed by atoms with Gasteiger partial charge in [0.1, 0.15) is 5.75 Å². The SMILES string of the molecule is COc1ccc(NC(=O)c2sc3c(c2C)[C@H](c2ccc4c(c2)OCO4)CC(=O)N3)cc1. The van der Waals surface area contributed by atoms with Crippen LogP contribution in [-0.2, 0) is 4.79 Å². The molecule has 3 heterocycles. The van der Waals surface area contributed by atoms with E-state index >= 15 is 0 Å². The predicted molar refractivity (Wildman–Crippen MR) is 118 cm³/mol. The van der Waals surface area contributed by atoms with Crippen molar-refractivity contribution in [2.75, 3.05) is 24.5 Å². The number of hydrogen-bond acceptors (Lipinski definition) is 6. The number of ether oxygens (including phenoxy) is 3. The summed E-state index contributed by atoms with van der Waals surface area (Å²) in [6, 6.07) is 12.9. The van der Waals surface area contributed by atoms with Crippen LogP contribution in [0, 0.1) is 6.92 Å². The van der Waals surface area contributed by atoms with E-state index in [4.69, 9.17) is 14.2 Å². The first-order chi connectivity index (χ1) is 15.0. The maximum Gasteiger partial charge on any atom is 0.266 e. The second kappa shape index (κ2) is 7.63. The fraction of sp³-hybridized carbons (Fsp3) is 0.217. The lowest BCUT2D eigenvalue weighted by Crippen LogP contribution is -2.22. The van der Waals surface area contributed by atoms with Crippen molar-refractivity contribution in [2.24, 2.45) is 0 Å². The Morgan fingerprint density at radius 1 is 1.16 bits per heavy atom. The largest absolute Gasteiger partial charge is 0.497 e. The summed E-state index contributed by atoms with van der Waals surface area (Å²) in [4.78, 5) is 26.0. The summed E-state index contributed by atoms with van der Waals surface area (Å²) < 4.78 is 16.1. The van der Waals surface area contributed by atoms with Crippen LogP contribution in [0.25, 0.3) is 0 Å². The Hall–Kier alpha value is -3.52. The number of fused-ring (bicyclic) bond motifs is 2. The molecule has 1 atom stereocenters. The fourth-order valence-corrected chi connectivity index (χ4v) is 5.18. The molecule has 0 unspecified atom stereocenters. The number of carbonyl (C=O) groups excluding carboxylic acids is 2. The van der Waals surface area contributed by atoms with Gasteiger partial charge in [-0.2, -0.15) is 0 Å². The third-order valence-electron chi connectivity index (χ3n) is 5.54. The van der Waals surface area contributed by atoms with E-state index < -0.39 is 0 Å². The molecule has 7 nitrogen and oxygen atoms in total. The smallest absolute Gasteiger partial charge is 0.266 e. The highest BCUT2D eigenvalue weighted by Crippen LogP contribution is 2.47. The normalized spacial score (nSPS) is 16.5. The van der Waals surface area contributed by atoms with Gasteiger partial charge in [0, 0.05) is 18.0 Å². The van der Waals surface area contributed by atoms with Gasteiger partial charge in [-0.3, -0.25) is 9.59 Å². The zero-order chi connectivity index (χ0) is 21.5. The molecule has 1 aromatic heterocycles. The zero-order valence-corrected chi connectivity index (χ0v) is 17.8. The van der Waals surface area contributed by atoms with E-state index in [-0.39, 0.29) is 24.5 Å². The van der Waals surface area contributed by atoms with Crippen molar-refractivity contribution in [2.45, 2.75) is 19.3 Å². The Kier molecular flexibility index (Phi) is 4.78. The van der Waals surface area contributed by atoms with Gasteiger partial charge in [0.2, 0.25) is 12.7 Å². The molecule has 31 heavy (non-hydrogen) atoms. The lowest BCUT2D eigenvalue weighted by Gasteiger charge is -2.24. The van der Waals surface area contributed by atoms with E-state index in [1.54, 1.807) is 31.4 Å². The summed E-state index contributed by atoms with van der Waals surface area (Å²) in [5.74, 6) is 1.66. The van der Waals surface area contributed by atoms with Crippen molar-refractivity contribution in [1.29, 1.82) is 0 Å². The summed E-state index contributed by atoms with van der Waals surface area (Å²) in [5, 5.41) is 6.58. The summed E-state index contributed by atoms with van der Waals surface area (Å²) in [6.45, 7) is 2.12. The van der Waals surface area contributed by atoms with Gasteiger partial charge in [0.25, 0.3) is 5.91 Å². The van der Waals surface area contributed by atoms with Gasteiger partial charge in [-0.05, 0) is 60.0 Å². The van der Waals surface area contributed by atoms with Gasteiger partial charge in [0.05, 0.1) is 17.0 Å². The van der Waals surface area contributed by atoms with Gasteiger partial charge < -0.3 is 24.8 Å². The molecule has 5 rings (SSSR count). The van der Waals surface area contributed by atoms with Crippen LogP contribution in [0.4, 0.5) is 10.7 Å². The number of nitrogens with one attached hydrogen (secondary N) is 2. The number of anilines is 2. The molecule has 2 aliphatic heterocycles. The molecule has 2 aromatic carbocycles. The maximum atomic E-state index is 13.0. The molecule has 0 saturated heterocycles. The Labute approximate surface area is 182 Å². The number of benzene rings is 2. The Balaban J connectivity index is 1.47. The van der Waals surface area contributed by atoms with E-state index in [9.17, 15) is 9.59 Å². The van der Waals surface area contributed by atoms with Crippen molar-refractivity contribution >= 4 is 33.8 Å². The number of carbonyl (C=O) groups is 2. The third-order valence-corrected chi connectivity index (χ3v) is 6.76. The molecule has 0 spiro atoms. The zero-order valence-electron chi connectivity index (χ0n) is 17.0. The topological polar surface area (TPSA) is 85.9 Å². The van der Waals surface area contributed by atoms with E-state index in [2.05, 4.69) is 10.6 Å². The lowest BCUT2D eigenvalue weighted by atomic mass is 9.84. The van der Waals surface area contributed by atoms with Crippen LogP contribution in [-0.4, -0.2) is 25.7 Å². The molecule has 3 aromatic rings. The highest BCUT2D eigenvalue weighted by molar-refractivity contribution is 7.18. The molecule has 0 aliphatic carbocycles. The highest BCUT2D eigenvalue weighted by Gasteiger charge is 2.33. The van der Waals surface area contributed by atoms with Gasteiger partial charge in [-0.25, -0.2) is 0 Å². The quantitative estimate of drug-likeness (QED) is 0.628. The van der Waals surface area contributed by atoms with Crippen LogP contribution in [0.15, 0.2) is 42.5 Å². The Morgan fingerprint density at radius 3 is 2.71 bits per heavy atom. The first-order valence-electron chi connectivity index (χ1n) is 9.81. The Bertz CT molecular complexity index is 1190. The molecular formula is C23H20N2O5S. The summed E-state index contributed by atoms with van der Waals surface area (Å²) in [6.07, 6.45) is 0.309. The Morgan fingerprint density at radius 2 is 1.94 bits per heavy atom. The molecule has 2 N–H and O–H groups in total. The molecule has 8 heteroatoms. The van der Waals surface area contributed by atoms with Crippen LogP contribution in [0.5, 0.6) is 17.2 Å². The lowest BCUT2D eigenvalue weighted by molar-refractivity contribution is -0.116. The molecule has 158 valence electrons. The first kappa shape index (κ1) is 19.4. The summed E-state index contributed by atoms with van der Waals surface area (Å²) in [5.41, 5.74) is 3.48. The molecule has 0 saturated carbocycles. The monoisotopic (exact) mass is 436 g/mol. The molecule has 0 radical (unpaired) electrons. The van der Waals surface area contributed by atoms with Crippen molar-refractivity contribution in [1.82, 2.24) is 0 Å². The minimum absolute atomic E-state index is 0.0708. The van der Waals surface area contributed by atoms with Crippen LogP contribution >= 0.6 is 11.3 Å². The van der Waals surface area contributed by atoms with E-state index in [0.717, 1.165) is 27.4 Å². The summed E-state index contributed by atoms with van der Waals surface area (Å²) in [7, 11) is 1.60. The second-order valence-corrected chi connectivity index (χ2v) is 8.42. The van der Waals surface area contributed by atoms with E-state index in [1.165, 1.54) is 11.3 Å². The van der Waals surface area contributed by atoms with E-state index in [0.29, 0.717) is 28.5 Å². The second-order valence-electron chi connectivity index (χ2n) is 7.40. The average Bonchev–Trinajstić information content (AvgIpc) is 3.37. The molecule has 2 amide bonds. The number of thiophene rings is 1. The molecule has 0 fully saturated rings. The maximum absolute atomic E-state index is 13.0. The molecule has 2 aliphatic rings. The predicted octanol–water partition coefficient (Wildman–Crippen LogP) is 4.52. The van der Waals surface area contributed by atoms with Gasteiger partial charge in [0.15, 0.2) is 11.5 Å². The average molecular weight is 436 g/mol. The van der Waals surface area contributed by atoms with Crippen molar-refractivity contribution in [3.8, 4) is 17.2 Å². The fourth-order valence-electron chi connectivity index (χ4n) is 4.00. The van der Waals surface area contributed by atoms with Crippen molar-refractivity contribution in [3.63, 3.8) is 0 Å². The molecular weight excluding hydrogens is 416 g/mol. The van der Waals surface area contributed by atoms with Crippen LogP contribution < -0.4 is 24.8 Å². The van der Waals surface area contributed by atoms with E-state index in [1.807, 2.05) is 25.1 Å². The number of hydrogen-bond donors (Lipinski definition) is 2. The number of methoxy groups -OCH3 is 1. The highest BCUT2D eigenvalue weighted by atomic mass is 32.1. The third kappa shape index (κ3) is 3.48. The minimum atomic E-state index is -0.208. The number of amides is 2. The van der Waals surface area contributed by atoms with Gasteiger partial charge in [-0.15, -0.1) is 11.3 Å². The van der Waals surface area contributed by atoms with Crippen LogP contribution in [0.1, 0.15) is 38.7 Å². The van der Waals surface area contributed by atoms with Gasteiger partial charge >= 0.3 is 0 Å². The standard InChI is InChI=1S/C23H20N2O5S/c1-12-20-16(13-3-8-17-18(9-13)30-11-29-17)10-19(26)25-23(20)31-21(12)22(27)24-14-4-6-15(28-2)7-5-14/h3-9,16H,10-11H2,1-2H3,(H,24,27)(H,25,26)/t16-/m0/s1. The minimum Gasteiger partial charge on any atom is -0.497 e. The van der Waals surface area contributed by atoms with Crippen molar-refractivity contribution < 1.29 is 23.8 Å². The number of rotatable bonds is 4. The van der Waals surface area contributed by atoms with Crippen LogP contribution in [0.2, 0.25) is 0 Å². The molecule has 0 bridgehead atoms.